The first kappa shape index (κ1) is 15.5. The molecule has 3 unspecified atom stereocenters. The predicted molar refractivity (Wildman–Crippen MR) is 69.8 cm³/mol. The zero-order chi connectivity index (χ0) is 15.4. The molecular formula is C13H19NO7. The van der Waals surface area contributed by atoms with Crippen LogP contribution in [0, 0.1) is 11.8 Å². The Kier molecular flexibility index (Phi) is 4.92. The summed E-state index contributed by atoms with van der Waals surface area (Å²) in [6.07, 6.45) is -0.470. The van der Waals surface area contributed by atoms with E-state index in [1.54, 1.807) is 0 Å². The summed E-state index contributed by atoms with van der Waals surface area (Å²) in [5.74, 6) is -0.747. The van der Waals surface area contributed by atoms with Crippen molar-refractivity contribution in [2.45, 2.75) is 19.4 Å². The second-order valence-electron chi connectivity index (χ2n) is 4.97. The van der Waals surface area contributed by atoms with Gasteiger partial charge in [-0.05, 0) is 19.3 Å². The maximum atomic E-state index is 11.5. The van der Waals surface area contributed by atoms with Crippen molar-refractivity contribution in [3.8, 4) is 11.8 Å². The standard InChI is InChI=1S/C13H19NO7/c1-8-10(4-5-15)9(6-19-8)7-20-13(18)21-14-11(16)2-3-12(14)17/h2-3,8-10,15-17H,4-7H2,1H3. The van der Waals surface area contributed by atoms with E-state index in [0.717, 1.165) is 0 Å². The van der Waals surface area contributed by atoms with Crippen molar-refractivity contribution in [2.75, 3.05) is 19.8 Å². The summed E-state index contributed by atoms with van der Waals surface area (Å²) >= 11 is 0. The third-order valence-corrected chi connectivity index (χ3v) is 3.62. The van der Waals surface area contributed by atoms with Gasteiger partial charge in [0.2, 0.25) is 11.8 Å². The van der Waals surface area contributed by atoms with E-state index in [4.69, 9.17) is 14.6 Å². The van der Waals surface area contributed by atoms with Gasteiger partial charge in [0, 0.05) is 24.7 Å². The number of aliphatic hydroxyl groups is 1. The SMILES string of the molecule is CC1OCC(COC(=O)On2c(O)ccc2O)C1CCO. The van der Waals surface area contributed by atoms with Crippen LogP contribution in [0.15, 0.2) is 12.1 Å². The first-order chi connectivity index (χ1) is 10.0. The molecule has 3 N–H and O–H groups in total. The van der Waals surface area contributed by atoms with Crippen LogP contribution in [0.2, 0.25) is 0 Å². The Morgan fingerprint density at radius 2 is 2.10 bits per heavy atom. The van der Waals surface area contributed by atoms with Crippen molar-refractivity contribution in [1.29, 1.82) is 0 Å². The van der Waals surface area contributed by atoms with E-state index in [-0.39, 0.29) is 31.2 Å². The molecule has 2 rings (SSSR count). The second-order valence-corrected chi connectivity index (χ2v) is 4.97. The molecule has 1 saturated heterocycles. The molecule has 1 aromatic heterocycles. The van der Waals surface area contributed by atoms with Gasteiger partial charge < -0.3 is 24.8 Å². The van der Waals surface area contributed by atoms with Crippen LogP contribution in [-0.2, 0) is 9.47 Å². The summed E-state index contributed by atoms with van der Waals surface area (Å²) in [6, 6.07) is 2.35. The number of rotatable bonds is 5. The second kappa shape index (κ2) is 6.68. The van der Waals surface area contributed by atoms with Crippen LogP contribution < -0.4 is 4.84 Å². The largest absolute Gasteiger partial charge is 0.533 e. The van der Waals surface area contributed by atoms with Crippen molar-refractivity contribution in [1.82, 2.24) is 4.73 Å². The zero-order valence-corrected chi connectivity index (χ0v) is 11.6. The number of aromatic nitrogens is 1. The molecule has 1 aromatic rings. The zero-order valence-electron chi connectivity index (χ0n) is 11.6. The molecule has 0 aliphatic carbocycles. The Bertz CT molecular complexity index is 467. The Labute approximate surface area is 121 Å². The van der Waals surface area contributed by atoms with E-state index in [2.05, 4.69) is 4.84 Å². The smallest absolute Gasteiger partial charge is 0.492 e. The molecule has 0 aromatic carbocycles. The predicted octanol–water partition coefficient (Wildman–Crippen LogP) is 0.498. The molecule has 118 valence electrons. The molecule has 0 radical (unpaired) electrons. The summed E-state index contributed by atoms with van der Waals surface area (Å²) in [5, 5.41) is 27.7. The molecule has 0 spiro atoms. The Balaban J connectivity index is 1.84. The van der Waals surface area contributed by atoms with Gasteiger partial charge in [0.15, 0.2) is 0 Å². The molecule has 1 fully saturated rings. The van der Waals surface area contributed by atoms with Gasteiger partial charge in [0.05, 0.1) is 12.7 Å². The highest BCUT2D eigenvalue weighted by atomic mass is 16.8. The monoisotopic (exact) mass is 301 g/mol. The fourth-order valence-electron chi connectivity index (χ4n) is 2.47. The van der Waals surface area contributed by atoms with Gasteiger partial charge in [-0.25, -0.2) is 4.79 Å². The minimum atomic E-state index is -1.04. The maximum Gasteiger partial charge on any atom is 0.533 e. The van der Waals surface area contributed by atoms with Gasteiger partial charge in [-0.3, -0.25) is 4.84 Å². The van der Waals surface area contributed by atoms with Gasteiger partial charge in [0.25, 0.3) is 0 Å². The summed E-state index contributed by atoms with van der Waals surface area (Å²) in [5.41, 5.74) is 0. The normalized spacial score (nSPS) is 25.0. The van der Waals surface area contributed by atoms with E-state index in [0.29, 0.717) is 17.8 Å². The molecule has 8 heteroatoms. The lowest BCUT2D eigenvalue weighted by Gasteiger charge is -2.19. The fourth-order valence-corrected chi connectivity index (χ4v) is 2.47. The van der Waals surface area contributed by atoms with Crippen molar-refractivity contribution in [3.63, 3.8) is 0 Å². The fraction of sp³-hybridized carbons (Fsp3) is 0.615. The number of hydrogen-bond acceptors (Lipinski definition) is 7. The molecular weight excluding hydrogens is 282 g/mol. The lowest BCUT2D eigenvalue weighted by Crippen LogP contribution is -2.27. The van der Waals surface area contributed by atoms with Crippen LogP contribution in [0.25, 0.3) is 0 Å². The van der Waals surface area contributed by atoms with Crippen LogP contribution in [0.1, 0.15) is 13.3 Å². The van der Waals surface area contributed by atoms with Gasteiger partial charge in [-0.2, -0.15) is 0 Å². The molecule has 1 aliphatic heterocycles. The summed E-state index contributed by atoms with van der Waals surface area (Å²) < 4.78 is 11.0. The van der Waals surface area contributed by atoms with E-state index in [1.165, 1.54) is 12.1 Å². The van der Waals surface area contributed by atoms with Crippen molar-refractivity contribution >= 4 is 6.16 Å². The molecule has 0 bridgehead atoms. The van der Waals surface area contributed by atoms with Crippen LogP contribution in [0.5, 0.6) is 11.8 Å². The third kappa shape index (κ3) is 3.59. The quantitative estimate of drug-likeness (QED) is 0.679. The average molecular weight is 301 g/mol. The minimum absolute atomic E-state index is 0.000641. The Morgan fingerprint density at radius 3 is 2.71 bits per heavy atom. The van der Waals surface area contributed by atoms with Crippen molar-refractivity contribution in [3.05, 3.63) is 12.1 Å². The van der Waals surface area contributed by atoms with Crippen LogP contribution in [0.3, 0.4) is 0 Å². The number of nitrogens with zero attached hydrogens (tertiary/aromatic N) is 1. The topological polar surface area (TPSA) is 110 Å². The van der Waals surface area contributed by atoms with Gasteiger partial charge in [0.1, 0.15) is 6.61 Å². The average Bonchev–Trinajstić information content (AvgIpc) is 2.95. The first-order valence-electron chi connectivity index (χ1n) is 6.70. The Hall–Kier alpha value is -1.93. The van der Waals surface area contributed by atoms with Crippen molar-refractivity contribution in [2.24, 2.45) is 11.8 Å². The Morgan fingerprint density at radius 1 is 1.43 bits per heavy atom. The van der Waals surface area contributed by atoms with E-state index >= 15 is 0 Å². The number of carbonyl (C=O) groups excluding carboxylic acids is 1. The van der Waals surface area contributed by atoms with Crippen LogP contribution in [-0.4, -0.2) is 52.1 Å². The van der Waals surface area contributed by atoms with Gasteiger partial charge in [-0.15, -0.1) is 4.73 Å². The highest BCUT2D eigenvalue weighted by Crippen LogP contribution is 2.30. The lowest BCUT2D eigenvalue weighted by atomic mass is 9.89. The highest BCUT2D eigenvalue weighted by molar-refractivity contribution is 5.60. The summed E-state index contributed by atoms with van der Waals surface area (Å²) in [7, 11) is 0. The first-order valence-corrected chi connectivity index (χ1v) is 6.70. The molecule has 3 atom stereocenters. The number of carbonyl (C=O) groups is 1. The number of aliphatic hydroxyl groups excluding tert-OH is 1. The number of ether oxygens (including phenoxy) is 2. The molecule has 1 aliphatic rings. The van der Waals surface area contributed by atoms with Crippen molar-refractivity contribution < 1.29 is 34.4 Å². The lowest BCUT2D eigenvalue weighted by molar-refractivity contribution is 0.0225. The molecule has 21 heavy (non-hydrogen) atoms. The number of aromatic hydroxyl groups is 2. The van der Waals surface area contributed by atoms with E-state index in [1.807, 2.05) is 6.92 Å². The van der Waals surface area contributed by atoms with E-state index in [9.17, 15) is 15.0 Å². The van der Waals surface area contributed by atoms with Gasteiger partial charge in [-0.1, -0.05) is 0 Å². The maximum absolute atomic E-state index is 11.5. The molecule has 2 heterocycles. The molecule has 0 amide bonds. The minimum Gasteiger partial charge on any atom is -0.492 e. The van der Waals surface area contributed by atoms with Gasteiger partial charge >= 0.3 is 6.16 Å². The van der Waals surface area contributed by atoms with E-state index < -0.39 is 17.9 Å². The molecule has 8 nitrogen and oxygen atoms in total. The van der Waals surface area contributed by atoms with Crippen LogP contribution in [0.4, 0.5) is 4.79 Å². The van der Waals surface area contributed by atoms with Crippen LogP contribution >= 0.6 is 0 Å². The summed E-state index contributed by atoms with van der Waals surface area (Å²) in [4.78, 5) is 16.2. The highest BCUT2D eigenvalue weighted by Gasteiger charge is 2.35. The third-order valence-electron chi connectivity index (χ3n) is 3.62. The molecule has 0 saturated carbocycles. The number of hydrogen-bond donors (Lipinski definition) is 3. The summed E-state index contributed by atoms with van der Waals surface area (Å²) in [6.45, 7) is 2.48.